The lowest BCUT2D eigenvalue weighted by molar-refractivity contribution is -0.137. The van der Waals surface area contributed by atoms with Crippen molar-refractivity contribution in [1.82, 2.24) is 10.6 Å². The molecule has 3 N–H and O–H groups in total. The van der Waals surface area contributed by atoms with Crippen molar-refractivity contribution >= 4 is 18.0 Å². The van der Waals surface area contributed by atoms with Gasteiger partial charge in [-0.1, -0.05) is 81.6 Å². The number of aliphatic carboxylic acids is 1. The second-order valence-corrected chi connectivity index (χ2v) is 8.76. The van der Waals surface area contributed by atoms with E-state index < -0.39 is 24.1 Å². The van der Waals surface area contributed by atoms with Crippen LogP contribution in [0.2, 0.25) is 0 Å². The summed E-state index contributed by atoms with van der Waals surface area (Å²) < 4.78 is 5.58. The maximum absolute atomic E-state index is 12.8. The number of rotatable bonds is 12. The lowest BCUT2D eigenvalue weighted by Crippen LogP contribution is -2.50. The zero-order valence-corrected chi connectivity index (χ0v) is 19.9. The van der Waals surface area contributed by atoms with Crippen LogP contribution in [-0.4, -0.2) is 41.8 Å². The van der Waals surface area contributed by atoms with E-state index in [1.807, 2.05) is 50.2 Å². The largest absolute Gasteiger partial charge is 0.481 e. The third kappa shape index (κ3) is 6.37. The van der Waals surface area contributed by atoms with Gasteiger partial charge in [-0.15, -0.1) is 0 Å². The Balaban J connectivity index is 1.62. The molecule has 0 heterocycles. The van der Waals surface area contributed by atoms with Crippen LogP contribution >= 0.6 is 0 Å². The second-order valence-electron chi connectivity index (χ2n) is 8.76. The highest BCUT2D eigenvalue weighted by atomic mass is 16.5. The number of unbranched alkanes of at least 4 members (excludes halogenated alkanes) is 1. The number of hydrogen-bond donors (Lipinski definition) is 3. The fourth-order valence-corrected chi connectivity index (χ4v) is 4.53. The summed E-state index contributed by atoms with van der Waals surface area (Å²) in [6.07, 6.45) is 2.62. The van der Waals surface area contributed by atoms with Gasteiger partial charge in [0.1, 0.15) is 12.6 Å². The minimum Gasteiger partial charge on any atom is -0.481 e. The van der Waals surface area contributed by atoms with Crippen molar-refractivity contribution in [3.8, 4) is 11.1 Å². The minimum absolute atomic E-state index is 0.0643. The zero-order valence-electron chi connectivity index (χ0n) is 19.9. The predicted molar refractivity (Wildman–Crippen MR) is 131 cm³/mol. The van der Waals surface area contributed by atoms with Crippen LogP contribution in [0.4, 0.5) is 4.79 Å². The summed E-state index contributed by atoms with van der Waals surface area (Å²) in [5.41, 5.74) is 4.53. The number of hydrogen-bond acceptors (Lipinski definition) is 4. The molecule has 2 aromatic carbocycles. The van der Waals surface area contributed by atoms with E-state index in [-0.39, 0.29) is 24.9 Å². The first kappa shape index (κ1) is 25.3. The quantitative estimate of drug-likeness (QED) is 0.415. The first-order valence-electron chi connectivity index (χ1n) is 12.1. The van der Waals surface area contributed by atoms with Crippen molar-refractivity contribution in [3.63, 3.8) is 0 Å². The second kappa shape index (κ2) is 12.2. The first-order chi connectivity index (χ1) is 16.4. The van der Waals surface area contributed by atoms with E-state index in [9.17, 15) is 14.4 Å². The summed E-state index contributed by atoms with van der Waals surface area (Å²) in [6, 6.07) is 14.9. The molecule has 34 heavy (non-hydrogen) atoms. The molecule has 1 aliphatic rings. The fraction of sp³-hybridized carbons (Fsp3) is 0.444. The molecule has 0 saturated carbocycles. The Labute approximate surface area is 200 Å². The summed E-state index contributed by atoms with van der Waals surface area (Å²) in [4.78, 5) is 36.7. The van der Waals surface area contributed by atoms with Crippen LogP contribution in [0.1, 0.15) is 69.4 Å². The topological polar surface area (TPSA) is 105 Å². The average Bonchev–Trinajstić information content (AvgIpc) is 3.14. The lowest BCUT2D eigenvalue weighted by Gasteiger charge is -2.23. The number of carbonyl (C=O) groups excluding carboxylic acids is 2. The summed E-state index contributed by atoms with van der Waals surface area (Å²) in [6.45, 7) is 4.10. The standard InChI is InChI=1S/C27H34N2O5/c1-3-5-11-18(16-25(30)31)28-26(32)24(10-4-2)29-27(33)34-17-23-21-14-8-6-12-19(21)20-13-7-9-15-22(20)23/h6-9,12-15,18,23-24H,3-5,10-11,16-17H2,1-2H3,(H,28,32)(H,29,33)(H,30,31)/t18-,24-/m1/s1. The molecule has 2 amide bonds. The van der Waals surface area contributed by atoms with Gasteiger partial charge in [0.05, 0.1) is 6.42 Å². The molecular formula is C27H34N2O5. The van der Waals surface area contributed by atoms with E-state index in [0.717, 1.165) is 35.1 Å². The molecule has 3 rings (SSSR count). The fourth-order valence-electron chi connectivity index (χ4n) is 4.53. The van der Waals surface area contributed by atoms with E-state index in [0.29, 0.717) is 19.3 Å². The average molecular weight is 467 g/mol. The zero-order chi connectivity index (χ0) is 24.5. The van der Waals surface area contributed by atoms with Gasteiger partial charge in [-0.25, -0.2) is 4.79 Å². The molecule has 182 valence electrons. The maximum atomic E-state index is 12.8. The third-order valence-corrected chi connectivity index (χ3v) is 6.20. The van der Waals surface area contributed by atoms with Crippen LogP contribution in [0.5, 0.6) is 0 Å². The highest BCUT2D eigenvalue weighted by Gasteiger charge is 2.30. The number of benzene rings is 2. The van der Waals surface area contributed by atoms with E-state index in [4.69, 9.17) is 9.84 Å². The molecule has 7 nitrogen and oxygen atoms in total. The Morgan fingerprint density at radius 3 is 2.09 bits per heavy atom. The predicted octanol–water partition coefficient (Wildman–Crippen LogP) is 4.84. The number of amides is 2. The van der Waals surface area contributed by atoms with Crippen molar-refractivity contribution < 1.29 is 24.2 Å². The van der Waals surface area contributed by atoms with Gasteiger partial charge >= 0.3 is 12.1 Å². The molecule has 0 radical (unpaired) electrons. The van der Waals surface area contributed by atoms with Gasteiger partial charge in [0.25, 0.3) is 0 Å². The van der Waals surface area contributed by atoms with Gasteiger partial charge in [-0.05, 0) is 35.1 Å². The van der Waals surface area contributed by atoms with E-state index in [1.165, 1.54) is 0 Å². The molecule has 7 heteroatoms. The van der Waals surface area contributed by atoms with Crippen molar-refractivity contribution in [2.75, 3.05) is 6.61 Å². The van der Waals surface area contributed by atoms with Gasteiger partial charge in [0.15, 0.2) is 0 Å². The molecular weight excluding hydrogens is 432 g/mol. The molecule has 0 aromatic heterocycles. The number of carbonyl (C=O) groups is 3. The molecule has 2 aromatic rings. The monoisotopic (exact) mass is 466 g/mol. The smallest absolute Gasteiger partial charge is 0.407 e. The molecule has 0 fully saturated rings. The molecule has 0 spiro atoms. The van der Waals surface area contributed by atoms with Crippen molar-refractivity contribution in [3.05, 3.63) is 59.7 Å². The highest BCUT2D eigenvalue weighted by molar-refractivity contribution is 5.86. The number of carboxylic acid groups (broad SMARTS) is 1. The lowest BCUT2D eigenvalue weighted by atomic mass is 9.98. The number of alkyl carbamates (subject to hydrolysis) is 1. The van der Waals surface area contributed by atoms with E-state index in [2.05, 4.69) is 22.8 Å². The summed E-state index contributed by atoms with van der Waals surface area (Å²) in [5.74, 6) is -1.40. The van der Waals surface area contributed by atoms with Crippen molar-refractivity contribution in [2.45, 2.75) is 70.4 Å². The summed E-state index contributed by atoms with van der Waals surface area (Å²) in [7, 11) is 0. The molecule has 1 aliphatic carbocycles. The Bertz CT molecular complexity index is 961. The SMILES string of the molecule is CCCC[C@H](CC(=O)O)NC(=O)[C@@H](CCC)NC(=O)OCC1c2ccccc2-c2ccccc21. The Kier molecular flexibility index (Phi) is 9.08. The summed E-state index contributed by atoms with van der Waals surface area (Å²) in [5, 5.41) is 14.6. The third-order valence-electron chi connectivity index (χ3n) is 6.20. The minimum atomic E-state index is -0.960. The number of carboxylic acids is 1. The van der Waals surface area contributed by atoms with E-state index >= 15 is 0 Å². The molecule has 0 unspecified atom stereocenters. The van der Waals surface area contributed by atoms with Crippen molar-refractivity contribution in [1.29, 1.82) is 0 Å². The van der Waals surface area contributed by atoms with Crippen LogP contribution in [0.15, 0.2) is 48.5 Å². The highest BCUT2D eigenvalue weighted by Crippen LogP contribution is 2.44. The van der Waals surface area contributed by atoms with Gasteiger partial charge in [-0.2, -0.15) is 0 Å². The number of nitrogens with one attached hydrogen (secondary N) is 2. The van der Waals surface area contributed by atoms with Gasteiger partial charge in [0, 0.05) is 12.0 Å². The van der Waals surface area contributed by atoms with Crippen molar-refractivity contribution in [2.24, 2.45) is 0 Å². The van der Waals surface area contributed by atoms with Gasteiger partial charge in [-0.3, -0.25) is 9.59 Å². The van der Waals surface area contributed by atoms with Crippen LogP contribution in [0.3, 0.4) is 0 Å². The number of fused-ring (bicyclic) bond motifs is 3. The van der Waals surface area contributed by atoms with Crippen LogP contribution in [0, 0.1) is 0 Å². The van der Waals surface area contributed by atoms with Crippen LogP contribution in [0.25, 0.3) is 11.1 Å². The first-order valence-corrected chi connectivity index (χ1v) is 12.1. The Morgan fingerprint density at radius 1 is 0.912 bits per heavy atom. The molecule has 2 atom stereocenters. The molecule has 0 saturated heterocycles. The van der Waals surface area contributed by atoms with Gasteiger partial charge in [0.2, 0.25) is 5.91 Å². The van der Waals surface area contributed by atoms with Gasteiger partial charge < -0.3 is 20.5 Å². The Hall–Kier alpha value is -3.35. The normalized spacial score (nSPS) is 13.9. The van der Waals surface area contributed by atoms with Crippen LogP contribution in [-0.2, 0) is 14.3 Å². The number of ether oxygens (including phenoxy) is 1. The molecule has 0 bridgehead atoms. The van der Waals surface area contributed by atoms with E-state index in [1.54, 1.807) is 0 Å². The maximum Gasteiger partial charge on any atom is 0.407 e. The van der Waals surface area contributed by atoms with Crippen LogP contribution < -0.4 is 10.6 Å². The molecule has 0 aliphatic heterocycles. The Morgan fingerprint density at radius 2 is 1.53 bits per heavy atom. The summed E-state index contributed by atoms with van der Waals surface area (Å²) >= 11 is 0.